The molecule has 10 heteroatoms. The van der Waals surface area contributed by atoms with E-state index in [1.165, 1.54) is 14.3 Å². The fourth-order valence-electron chi connectivity index (χ4n) is 5.16. The second kappa shape index (κ2) is 22.7. The van der Waals surface area contributed by atoms with Crippen LogP contribution >= 0.6 is 0 Å². The number of halogens is 2. The van der Waals surface area contributed by atoms with Crippen LogP contribution in [0.25, 0.3) is 0 Å². The monoisotopic (exact) mass is 920 g/mol. The summed E-state index contributed by atoms with van der Waals surface area (Å²) in [6, 6.07) is 37.4. The normalized spacial score (nSPS) is 12.5. The average Bonchev–Trinajstić information content (AvgIpc) is 3.14. The first-order chi connectivity index (χ1) is 24.7. The van der Waals surface area contributed by atoms with Crippen LogP contribution in [0.4, 0.5) is 0 Å². The summed E-state index contributed by atoms with van der Waals surface area (Å²) in [4.78, 5) is 29.4. The molecule has 0 aliphatic heterocycles. The zero-order chi connectivity index (χ0) is 36.3. The Labute approximate surface area is 324 Å². The van der Waals surface area contributed by atoms with Crippen molar-refractivity contribution in [2.75, 3.05) is 66.7 Å². The predicted octanol–water partition coefficient (Wildman–Crippen LogP) is 0.0135. The number of carbonyl (C=O) groups excluding carboxylic acids is 2. The van der Waals surface area contributed by atoms with E-state index in [9.17, 15) is 9.59 Å². The molecule has 2 atom stereocenters. The number of benzene rings is 4. The van der Waals surface area contributed by atoms with Gasteiger partial charge in [0.25, 0.3) is 0 Å². The van der Waals surface area contributed by atoms with Crippen LogP contribution in [0.1, 0.15) is 20.3 Å². The van der Waals surface area contributed by atoms with Crippen LogP contribution in [0, 0.1) is 26.1 Å². The number of hydrogen-bond donors (Lipinski definition) is 0. The Bertz CT molecular complexity index is 1460. The summed E-state index contributed by atoms with van der Waals surface area (Å²) in [7, 11) is 4.03. The van der Waals surface area contributed by atoms with E-state index in [1.54, 1.807) is 0 Å². The van der Waals surface area contributed by atoms with Crippen molar-refractivity contribution in [3.05, 3.63) is 123 Å². The molecule has 0 saturated heterocycles. The maximum atomic E-state index is 12.6. The molecule has 4 rings (SSSR count). The van der Waals surface area contributed by atoms with Gasteiger partial charge in [-0.2, -0.15) is 0 Å². The van der Waals surface area contributed by atoms with Gasteiger partial charge in [-0.1, -0.05) is 0 Å². The standard InChI is InChI=1S/C41H50I2N2O6/c1-32(40(46)50-28-26-48-38-20-16-36(17-21-38)42-34-12-7-5-8-13-34)30-44(3)24-11-25-45(4)31-33(2)41(47)51-29-27-49-39-22-18-37(19-23-39)43-35-14-9-6-10-15-35/h5-10,12-23,32-33H,11,24-31H2,1-4H3/q-2. The molecule has 51 heavy (non-hydrogen) atoms. The van der Waals surface area contributed by atoms with E-state index in [2.05, 4.69) is 82.6 Å². The van der Waals surface area contributed by atoms with Gasteiger partial charge in [-0.25, -0.2) is 0 Å². The summed E-state index contributed by atoms with van der Waals surface area (Å²) >= 11 is -0.409. The van der Waals surface area contributed by atoms with Crippen LogP contribution in [-0.4, -0.2) is 88.4 Å². The molecule has 0 aliphatic rings. The molecule has 0 aliphatic carbocycles. The van der Waals surface area contributed by atoms with Crippen molar-refractivity contribution in [2.24, 2.45) is 11.8 Å². The Morgan fingerprint density at radius 3 is 1.25 bits per heavy atom. The minimum atomic E-state index is -0.243. The molecule has 0 heterocycles. The summed E-state index contributed by atoms with van der Waals surface area (Å²) in [6.45, 7) is 7.74. The van der Waals surface area contributed by atoms with E-state index in [1.807, 2.05) is 64.3 Å². The molecule has 0 radical (unpaired) electrons. The van der Waals surface area contributed by atoms with Gasteiger partial charge in [0.1, 0.15) is 0 Å². The van der Waals surface area contributed by atoms with E-state index in [4.69, 9.17) is 18.9 Å². The van der Waals surface area contributed by atoms with Crippen molar-refractivity contribution in [3.8, 4) is 11.5 Å². The summed E-state index contributed by atoms with van der Waals surface area (Å²) in [5.41, 5.74) is 0. The molecule has 2 unspecified atom stereocenters. The molecule has 0 bridgehead atoms. The number of ether oxygens (including phenoxy) is 4. The molecular formula is C41H50I2N2O6-2. The second-order valence-corrected chi connectivity index (χ2v) is 18.5. The third-order valence-electron chi connectivity index (χ3n) is 7.78. The van der Waals surface area contributed by atoms with Crippen molar-refractivity contribution in [1.82, 2.24) is 9.80 Å². The third-order valence-corrected chi connectivity index (χ3v) is 13.1. The summed E-state index contributed by atoms with van der Waals surface area (Å²) < 4.78 is 27.9. The van der Waals surface area contributed by atoms with Gasteiger partial charge >= 0.3 is 293 Å². The SMILES string of the molecule is CC(CN(C)CCCN(C)CC(C)C(=O)OCCOc1ccc([I-]c2ccccc2)cc1)C(=O)OCCOc1ccc([I-]c2ccccc2)cc1. The van der Waals surface area contributed by atoms with Gasteiger partial charge in [0, 0.05) is 0 Å². The number of esters is 2. The Kier molecular flexibility index (Phi) is 18.0. The van der Waals surface area contributed by atoms with Crippen molar-refractivity contribution in [1.29, 1.82) is 0 Å². The van der Waals surface area contributed by atoms with Gasteiger partial charge in [0.15, 0.2) is 0 Å². The van der Waals surface area contributed by atoms with Crippen LogP contribution in [0.2, 0.25) is 0 Å². The van der Waals surface area contributed by atoms with Crippen LogP contribution in [0.15, 0.2) is 109 Å². The van der Waals surface area contributed by atoms with Crippen LogP contribution in [0.3, 0.4) is 0 Å². The Hall–Kier alpha value is -3.20. The molecule has 0 amide bonds. The minimum absolute atomic E-state index is 0.205. The second-order valence-electron chi connectivity index (χ2n) is 12.4. The number of rotatable bonds is 22. The van der Waals surface area contributed by atoms with Gasteiger partial charge in [0.05, 0.1) is 0 Å². The van der Waals surface area contributed by atoms with Gasteiger partial charge in [-0.05, 0) is 33.6 Å². The van der Waals surface area contributed by atoms with E-state index in [0.717, 1.165) is 31.0 Å². The topological polar surface area (TPSA) is 77.5 Å². The quantitative estimate of drug-likeness (QED) is 0.0622. The molecule has 0 N–H and O–H groups in total. The Morgan fingerprint density at radius 1 is 0.529 bits per heavy atom. The third kappa shape index (κ3) is 15.9. The number of carbonyl (C=O) groups is 2. The van der Waals surface area contributed by atoms with Crippen molar-refractivity contribution < 1.29 is 70.9 Å². The van der Waals surface area contributed by atoms with Crippen molar-refractivity contribution in [3.63, 3.8) is 0 Å². The van der Waals surface area contributed by atoms with E-state index >= 15 is 0 Å². The molecular weight excluding hydrogens is 870 g/mol. The zero-order valence-electron chi connectivity index (χ0n) is 30.0. The van der Waals surface area contributed by atoms with Crippen molar-refractivity contribution >= 4 is 11.9 Å². The Morgan fingerprint density at radius 2 is 0.882 bits per heavy atom. The molecule has 0 spiro atoms. The van der Waals surface area contributed by atoms with Gasteiger partial charge in [-0.3, -0.25) is 0 Å². The van der Waals surface area contributed by atoms with Gasteiger partial charge in [-0.15, -0.1) is 0 Å². The van der Waals surface area contributed by atoms with E-state index in [-0.39, 0.29) is 79.4 Å². The summed E-state index contributed by atoms with van der Waals surface area (Å²) in [5.74, 6) is 0.626. The van der Waals surface area contributed by atoms with Crippen LogP contribution in [0.5, 0.6) is 11.5 Å². The summed E-state index contributed by atoms with van der Waals surface area (Å²) in [5, 5.41) is 0. The van der Waals surface area contributed by atoms with Crippen LogP contribution in [-0.2, 0) is 19.1 Å². The first-order valence-corrected chi connectivity index (χ1v) is 21.6. The van der Waals surface area contributed by atoms with E-state index < -0.39 is 0 Å². The zero-order valence-corrected chi connectivity index (χ0v) is 34.3. The first kappa shape index (κ1) is 40.6. The molecule has 8 nitrogen and oxygen atoms in total. The van der Waals surface area contributed by atoms with Crippen molar-refractivity contribution in [2.45, 2.75) is 20.3 Å². The molecule has 276 valence electrons. The molecule has 0 saturated carbocycles. The average molecular weight is 921 g/mol. The predicted molar refractivity (Wildman–Crippen MR) is 191 cm³/mol. The molecule has 0 aromatic heterocycles. The maximum absolute atomic E-state index is 12.6. The molecule has 4 aromatic rings. The van der Waals surface area contributed by atoms with Gasteiger partial charge in [0.2, 0.25) is 0 Å². The Balaban J connectivity index is 1.00. The van der Waals surface area contributed by atoms with E-state index in [0.29, 0.717) is 26.3 Å². The first-order valence-electron chi connectivity index (χ1n) is 17.3. The summed E-state index contributed by atoms with van der Waals surface area (Å²) in [6.07, 6.45) is 0.913. The number of nitrogens with zero attached hydrogens (tertiary/aromatic N) is 2. The molecule has 4 aromatic carbocycles. The number of hydrogen-bond acceptors (Lipinski definition) is 8. The fourth-order valence-corrected chi connectivity index (χ4v) is 9.59. The fraction of sp³-hybridized carbons (Fsp3) is 0.366. The van der Waals surface area contributed by atoms with Crippen LogP contribution < -0.4 is 51.9 Å². The molecule has 0 fully saturated rings. The van der Waals surface area contributed by atoms with Gasteiger partial charge < -0.3 is 0 Å².